The fourth-order valence-corrected chi connectivity index (χ4v) is 2.39. The fraction of sp³-hybridized carbons (Fsp3) is 0.214. The number of nitrogens with one attached hydrogen (secondary N) is 1. The molecule has 0 aliphatic heterocycles. The normalized spacial score (nSPS) is 14.0. The van der Waals surface area contributed by atoms with Crippen LogP contribution in [0.4, 0.5) is 11.4 Å². The van der Waals surface area contributed by atoms with Gasteiger partial charge in [-0.3, -0.25) is 14.9 Å². The van der Waals surface area contributed by atoms with Gasteiger partial charge in [-0.05, 0) is 37.1 Å². The monoisotopic (exact) mass is 349 g/mol. The third-order valence-corrected chi connectivity index (χ3v) is 3.85. The number of amides is 1. The van der Waals surface area contributed by atoms with E-state index in [1.165, 1.54) is 12.3 Å². The van der Waals surface area contributed by atoms with Crippen LogP contribution in [-0.2, 0) is 0 Å². The molecular weight excluding hydrogens is 338 g/mol. The Bertz CT molecular complexity index is 705. The second-order valence-corrected chi connectivity index (χ2v) is 5.86. The number of nitro groups is 1. The Kier molecular flexibility index (Phi) is 3.50. The van der Waals surface area contributed by atoms with Crippen LogP contribution in [0, 0.1) is 10.1 Å². The molecule has 21 heavy (non-hydrogen) atoms. The predicted molar refractivity (Wildman–Crippen MR) is 81.5 cm³/mol. The van der Waals surface area contributed by atoms with Crippen LogP contribution in [0.3, 0.4) is 0 Å². The van der Waals surface area contributed by atoms with E-state index >= 15 is 0 Å². The summed E-state index contributed by atoms with van der Waals surface area (Å²) in [6.07, 6.45) is 3.34. The van der Waals surface area contributed by atoms with E-state index in [9.17, 15) is 14.9 Å². The van der Waals surface area contributed by atoms with Crippen LogP contribution in [0.15, 0.2) is 41.0 Å². The molecule has 1 N–H and O–H groups in total. The van der Waals surface area contributed by atoms with Crippen molar-refractivity contribution in [1.29, 1.82) is 0 Å². The minimum atomic E-state index is -0.477. The Morgan fingerprint density at radius 2 is 2.00 bits per heavy atom. The lowest BCUT2D eigenvalue weighted by atomic mass is 10.3. The third-order valence-electron chi connectivity index (χ3n) is 3.32. The second-order valence-electron chi connectivity index (χ2n) is 4.94. The quantitative estimate of drug-likeness (QED) is 0.674. The Hall–Kier alpha value is -2.15. The number of hydrogen-bond acceptors (Lipinski definition) is 3. The van der Waals surface area contributed by atoms with Gasteiger partial charge in [0, 0.05) is 22.3 Å². The minimum Gasteiger partial charge on any atom is -0.334 e. The molecule has 3 rings (SSSR count). The highest BCUT2D eigenvalue weighted by atomic mass is 79.9. The highest BCUT2D eigenvalue weighted by molar-refractivity contribution is 9.10. The molecule has 1 aliphatic rings. The average Bonchev–Trinajstić information content (AvgIpc) is 3.19. The highest BCUT2D eigenvalue weighted by Crippen LogP contribution is 2.38. The van der Waals surface area contributed by atoms with Gasteiger partial charge in [0.1, 0.15) is 5.69 Å². The van der Waals surface area contributed by atoms with E-state index in [1.54, 1.807) is 16.7 Å². The third kappa shape index (κ3) is 2.97. The zero-order valence-electron chi connectivity index (χ0n) is 11.0. The molecule has 2 aromatic rings. The molecule has 1 amide bonds. The zero-order valence-corrected chi connectivity index (χ0v) is 12.5. The SMILES string of the molecule is O=C(Nc1ccc(Br)cc1)c1cc([N+](=O)[O-])cn1C1CC1. The van der Waals surface area contributed by atoms with Crippen molar-refractivity contribution in [3.8, 4) is 0 Å². The number of aromatic nitrogens is 1. The number of benzene rings is 1. The lowest BCUT2D eigenvalue weighted by Crippen LogP contribution is -2.16. The van der Waals surface area contributed by atoms with E-state index in [0.717, 1.165) is 17.3 Å². The molecule has 108 valence electrons. The number of carbonyl (C=O) groups is 1. The summed E-state index contributed by atoms with van der Waals surface area (Å²) < 4.78 is 2.62. The van der Waals surface area contributed by atoms with Crippen molar-refractivity contribution in [1.82, 2.24) is 4.57 Å². The minimum absolute atomic E-state index is 0.0529. The number of hydrogen-bond donors (Lipinski definition) is 1. The van der Waals surface area contributed by atoms with Gasteiger partial charge < -0.3 is 9.88 Å². The van der Waals surface area contributed by atoms with Gasteiger partial charge >= 0.3 is 0 Å². The van der Waals surface area contributed by atoms with Crippen LogP contribution in [0.2, 0.25) is 0 Å². The van der Waals surface area contributed by atoms with Crippen LogP contribution in [0.25, 0.3) is 0 Å². The molecule has 7 heteroatoms. The molecule has 0 saturated heterocycles. The van der Waals surface area contributed by atoms with E-state index in [1.807, 2.05) is 12.1 Å². The lowest BCUT2D eigenvalue weighted by molar-refractivity contribution is -0.384. The molecular formula is C14H12BrN3O3. The molecule has 1 fully saturated rings. The number of halogens is 1. The first-order chi connectivity index (χ1) is 10.0. The first-order valence-corrected chi connectivity index (χ1v) is 7.27. The average molecular weight is 350 g/mol. The van der Waals surface area contributed by atoms with Crippen LogP contribution >= 0.6 is 15.9 Å². The molecule has 1 aromatic carbocycles. The first-order valence-electron chi connectivity index (χ1n) is 6.48. The molecule has 0 bridgehead atoms. The van der Waals surface area contributed by atoms with E-state index in [4.69, 9.17) is 0 Å². The molecule has 1 saturated carbocycles. The number of carbonyl (C=O) groups excluding carboxylic acids is 1. The molecule has 0 atom stereocenters. The van der Waals surface area contributed by atoms with Gasteiger partial charge in [0.15, 0.2) is 0 Å². The zero-order chi connectivity index (χ0) is 15.0. The number of nitrogens with zero attached hydrogens (tertiary/aromatic N) is 2. The Labute approximate surface area is 129 Å². The number of anilines is 1. The van der Waals surface area contributed by atoms with Gasteiger partial charge in [0.05, 0.1) is 11.1 Å². The highest BCUT2D eigenvalue weighted by Gasteiger charge is 2.30. The van der Waals surface area contributed by atoms with Gasteiger partial charge in [-0.25, -0.2) is 0 Å². The molecule has 1 heterocycles. The smallest absolute Gasteiger partial charge is 0.287 e. The Morgan fingerprint density at radius 3 is 2.57 bits per heavy atom. The maximum absolute atomic E-state index is 12.3. The molecule has 1 aromatic heterocycles. The topological polar surface area (TPSA) is 77.2 Å². The standard InChI is InChI=1S/C14H12BrN3O3/c15-9-1-3-10(4-2-9)16-14(19)13-7-12(18(20)21)8-17(13)11-5-6-11/h1-4,7-8,11H,5-6H2,(H,16,19). The Morgan fingerprint density at radius 1 is 1.33 bits per heavy atom. The van der Waals surface area contributed by atoms with E-state index in [-0.39, 0.29) is 17.6 Å². The lowest BCUT2D eigenvalue weighted by Gasteiger charge is -2.08. The van der Waals surface area contributed by atoms with Gasteiger partial charge in [0.25, 0.3) is 11.6 Å². The first kappa shape index (κ1) is 13.8. The van der Waals surface area contributed by atoms with Crippen molar-refractivity contribution in [3.05, 3.63) is 56.8 Å². The molecule has 6 nitrogen and oxygen atoms in total. The summed E-state index contributed by atoms with van der Waals surface area (Å²) in [6.45, 7) is 0. The van der Waals surface area contributed by atoms with Gasteiger partial charge in [-0.1, -0.05) is 15.9 Å². The van der Waals surface area contributed by atoms with Crippen molar-refractivity contribution >= 4 is 33.2 Å². The fourth-order valence-electron chi connectivity index (χ4n) is 2.13. The summed E-state index contributed by atoms with van der Waals surface area (Å²) in [5.41, 5.74) is 0.921. The van der Waals surface area contributed by atoms with Gasteiger partial charge in [-0.15, -0.1) is 0 Å². The van der Waals surface area contributed by atoms with E-state index < -0.39 is 4.92 Å². The van der Waals surface area contributed by atoms with Crippen molar-refractivity contribution in [2.24, 2.45) is 0 Å². The predicted octanol–water partition coefficient (Wildman–Crippen LogP) is 3.75. The summed E-state index contributed by atoms with van der Waals surface area (Å²) in [6, 6.07) is 8.69. The van der Waals surface area contributed by atoms with Crippen molar-refractivity contribution in [2.45, 2.75) is 18.9 Å². The van der Waals surface area contributed by atoms with Gasteiger partial charge in [-0.2, -0.15) is 0 Å². The van der Waals surface area contributed by atoms with Crippen molar-refractivity contribution in [2.75, 3.05) is 5.32 Å². The largest absolute Gasteiger partial charge is 0.334 e. The van der Waals surface area contributed by atoms with Crippen molar-refractivity contribution in [3.63, 3.8) is 0 Å². The Balaban J connectivity index is 1.86. The second kappa shape index (κ2) is 5.33. The maximum atomic E-state index is 12.3. The van der Waals surface area contributed by atoms with Crippen molar-refractivity contribution < 1.29 is 9.72 Å². The summed E-state index contributed by atoms with van der Waals surface area (Å²) in [5, 5.41) is 13.6. The molecule has 0 spiro atoms. The van der Waals surface area contributed by atoms with E-state index in [2.05, 4.69) is 21.2 Å². The van der Waals surface area contributed by atoms with Crippen LogP contribution in [0.5, 0.6) is 0 Å². The molecule has 0 radical (unpaired) electrons. The summed E-state index contributed by atoms with van der Waals surface area (Å²) in [5.74, 6) is -0.336. The summed E-state index contributed by atoms with van der Waals surface area (Å²) in [7, 11) is 0. The van der Waals surface area contributed by atoms with Gasteiger partial charge in [0.2, 0.25) is 0 Å². The summed E-state index contributed by atoms with van der Waals surface area (Å²) in [4.78, 5) is 22.7. The van der Waals surface area contributed by atoms with E-state index in [0.29, 0.717) is 11.4 Å². The maximum Gasteiger partial charge on any atom is 0.287 e. The number of rotatable bonds is 4. The van der Waals surface area contributed by atoms with Crippen LogP contribution in [-0.4, -0.2) is 15.4 Å². The molecule has 1 aliphatic carbocycles. The van der Waals surface area contributed by atoms with Crippen LogP contribution in [0.1, 0.15) is 29.4 Å². The summed E-state index contributed by atoms with van der Waals surface area (Å²) >= 11 is 3.32. The molecule has 0 unspecified atom stereocenters. The van der Waals surface area contributed by atoms with Crippen LogP contribution < -0.4 is 5.32 Å².